The molecular weight excluding hydrogens is 292 g/mol. The van der Waals surface area contributed by atoms with Crippen LogP contribution in [-0.4, -0.2) is 22.7 Å². The Balaban J connectivity index is 2.10. The van der Waals surface area contributed by atoms with Crippen LogP contribution < -0.4 is 10.1 Å². The number of hydrogen-bond donors (Lipinski definition) is 2. The zero-order valence-electron chi connectivity index (χ0n) is 12.5. The summed E-state index contributed by atoms with van der Waals surface area (Å²) in [4.78, 5) is 12.2. The summed E-state index contributed by atoms with van der Waals surface area (Å²) in [7, 11) is 0. The summed E-state index contributed by atoms with van der Waals surface area (Å²) in [6.45, 7) is 2.51. The highest BCUT2D eigenvalue weighted by Crippen LogP contribution is 2.21. The molecule has 0 fully saturated rings. The third kappa shape index (κ3) is 3.60. The molecule has 2 rings (SSSR count). The van der Waals surface area contributed by atoms with Crippen LogP contribution in [0.15, 0.2) is 24.3 Å². The van der Waals surface area contributed by atoms with Gasteiger partial charge in [0.15, 0.2) is 5.69 Å². The second kappa shape index (κ2) is 6.55. The normalized spacial score (nSPS) is 12.3. The minimum absolute atomic E-state index is 0.0559. The van der Waals surface area contributed by atoms with E-state index in [1.165, 1.54) is 12.1 Å². The number of hydrogen-bond acceptors (Lipinski definition) is 3. The maximum atomic E-state index is 12.2. The van der Waals surface area contributed by atoms with Gasteiger partial charge < -0.3 is 10.1 Å². The predicted molar refractivity (Wildman–Crippen MR) is 77.0 cm³/mol. The molecule has 7 heteroatoms. The lowest BCUT2D eigenvalue weighted by molar-refractivity contribution is -0.0499. The topological polar surface area (TPSA) is 67.0 Å². The van der Waals surface area contributed by atoms with E-state index in [0.29, 0.717) is 11.3 Å². The van der Waals surface area contributed by atoms with Crippen LogP contribution in [0.5, 0.6) is 5.75 Å². The number of aromatic nitrogens is 2. The van der Waals surface area contributed by atoms with Crippen molar-refractivity contribution >= 4 is 5.91 Å². The van der Waals surface area contributed by atoms with Crippen LogP contribution in [0.1, 0.15) is 40.3 Å². The standard InChI is InChI=1S/C15H17F2N3O2/c1-8-9(2)19-20-13(8)14(21)18-10(3)11-5-4-6-12(7-11)22-15(16)17/h4-7,10,15H,1-3H3,(H,18,21)(H,19,20)/t10-/m0/s1. The number of aromatic amines is 1. The van der Waals surface area contributed by atoms with Gasteiger partial charge in [0.2, 0.25) is 0 Å². The summed E-state index contributed by atoms with van der Waals surface area (Å²) >= 11 is 0. The smallest absolute Gasteiger partial charge is 0.387 e. The Kier molecular flexibility index (Phi) is 4.75. The molecule has 0 radical (unpaired) electrons. The van der Waals surface area contributed by atoms with Crippen LogP contribution >= 0.6 is 0 Å². The lowest BCUT2D eigenvalue weighted by atomic mass is 10.1. The van der Waals surface area contributed by atoms with Gasteiger partial charge in [0, 0.05) is 11.3 Å². The van der Waals surface area contributed by atoms with Crippen molar-refractivity contribution in [2.75, 3.05) is 0 Å². The maximum Gasteiger partial charge on any atom is 0.387 e. The van der Waals surface area contributed by atoms with E-state index >= 15 is 0 Å². The number of halogens is 2. The highest BCUT2D eigenvalue weighted by Gasteiger charge is 2.17. The van der Waals surface area contributed by atoms with Crippen molar-refractivity contribution in [2.45, 2.75) is 33.4 Å². The molecule has 0 spiro atoms. The molecule has 0 saturated heterocycles. The minimum atomic E-state index is -2.88. The predicted octanol–water partition coefficient (Wildman–Crippen LogP) is 3.12. The lowest BCUT2D eigenvalue weighted by Crippen LogP contribution is -2.27. The summed E-state index contributed by atoms with van der Waals surface area (Å²) in [6, 6.07) is 5.86. The number of nitrogens with one attached hydrogen (secondary N) is 2. The third-order valence-electron chi connectivity index (χ3n) is 3.40. The van der Waals surface area contributed by atoms with Crippen LogP contribution in [-0.2, 0) is 0 Å². The number of alkyl halides is 2. The van der Waals surface area contributed by atoms with Gasteiger partial charge in [-0.25, -0.2) is 0 Å². The van der Waals surface area contributed by atoms with E-state index in [1.807, 2.05) is 6.92 Å². The molecule has 0 aliphatic carbocycles. The van der Waals surface area contributed by atoms with Gasteiger partial charge in [0.1, 0.15) is 5.75 Å². The average Bonchev–Trinajstić information content (AvgIpc) is 2.78. The van der Waals surface area contributed by atoms with Gasteiger partial charge >= 0.3 is 6.61 Å². The number of aryl methyl sites for hydroxylation is 1. The van der Waals surface area contributed by atoms with Gasteiger partial charge in [0.25, 0.3) is 5.91 Å². The summed E-state index contributed by atoms with van der Waals surface area (Å²) in [5.41, 5.74) is 2.59. The Morgan fingerprint density at radius 1 is 1.36 bits per heavy atom. The van der Waals surface area contributed by atoms with Crippen LogP contribution in [0.3, 0.4) is 0 Å². The first-order valence-electron chi connectivity index (χ1n) is 6.75. The van der Waals surface area contributed by atoms with Crippen molar-refractivity contribution in [3.8, 4) is 5.75 Å². The maximum absolute atomic E-state index is 12.2. The summed E-state index contributed by atoms with van der Waals surface area (Å²) in [5, 5.41) is 9.49. The van der Waals surface area contributed by atoms with Gasteiger partial charge in [-0.3, -0.25) is 9.89 Å². The monoisotopic (exact) mass is 309 g/mol. The minimum Gasteiger partial charge on any atom is -0.435 e. The van der Waals surface area contributed by atoms with Crippen molar-refractivity contribution in [2.24, 2.45) is 0 Å². The fourth-order valence-corrected chi connectivity index (χ4v) is 2.01. The zero-order chi connectivity index (χ0) is 16.3. The Morgan fingerprint density at radius 2 is 2.09 bits per heavy atom. The molecule has 0 aliphatic rings. The molecule has 118 valence electrons. The molecule has 1 amide bonds. The fraction of sp³-hybridized carbons (Fsp3) is 0.333. The fourth-order valence-electron chi connectivity index (χ4n) is 2.01. The molecular formula is C15H17F2N3O2. The van der Waals surface area contributed by atoms with Gasteiger partial charge in [-0.05, 0) is 38.5 Å². The third-order valence-corrected chi connectivity index (χ3v) is 3.40. The van der Waals surface area contributed by atoms with Gasteiger partial charge in [-0.1, -0.05) is 12.1 Å². The van der Waals surface area contributed by atoms with E-state index < -0.39 is 6.61 Å². The van der Waals surface area contributed by atoms with E-state index in [1.54, 1.807) is 26.0 Å². The highest BCUT2D eigenvalue weighted by molar-refractivity contribution is 5.94. The lowest BCUT2D eigenvalue weighted by Gasteiger charge is -2.15. The molecule has 2 aromatic rings. The summed E-state index contributed by atoms with van der Waals surface area (Å²) in [6.07, 6.45) is 0. The molecule has 1 heterocycles. The average molecular weight is 309 g/mol. The van der Waals surface area contributed by atoms with Crippen molar-refractivity contribution < 1.29 is 18.3 Å². The summed E-state index contributed by atoms with van der Waals surface area (Å²) in [5.74, 6) is -0.269. The number of nitrogens with zero attached hydrogens (tertiary/aromatic N) is 1. The van der Waals surface area contributed by atoms with Crippen molar-refractivity contribution in [1.82, 2.24) is 15.5 Å². The van der Waals surface area contributed by atoms with Crippen LogP contribution in [0.2, 0.25) is 0 Å². The summed E-state index contributed by atoms with van der Waals surface area (Å²) < 4.78 is 28.8. The number of benzene rings is 1. The van der Waals surface area contributed by atoms with E-state index in [2.05, 4.69) is 20.3 Å². The number of rotatable bonds is 5. The first kappa shape index (κ1) is 15.9. The molecule has 1 atom stereocenters. The zero-order valence-corrected chi connectivity index (χ0v) is 12.5. The van der Waals surface area contributed by atoms with Crippen LogP contribution in [0.25, 0.3) is 0 Å². The van der Waals surface area contributed by atoms with Gasteiger partial charge in [-0.15, -0.1) is 0 Å². The Hall–Kier alpha value is -2.44. The molecule has 0 saturated carbocycles. The van der Waals surface area contributed by atoms with Crippen molar-refractivity contribution in [1.29, 1.82) is 0 Å². The molecule has 2 N–H and O–H groups in total. The number of carbonyl (C=O) groups is 1. The van der Waals surface area contributed by atoms with E-state index in [-0.39, 0.29) is 17.7 Å². The van der Waals surface area contributed by atoms with E-state index in [4.69, 9.17) is 0 Å². The number of carbonyl (C=O) groups excluding carboxylic acids is 1. The van der Waals surface area contributed by atoms with Gasteiger partial charge in [-0.2, -0.15) is 13.9 Å². The van der Waals surface area contributed by atoms with E-state index in [9.17, 15) is 13.6 Å². The van der Waals surface area contributed by atoms with Crippen molar-refractivity contribution in [3.05, 3.63) is 46.8 Å². The van der Waals surface area contributed by atoms with Gasteiger partial charge in [0.05, 0.1) is 6.04 Å². The Morgan fingerprint density at radius 3 is 2.68 bits per heavy atom. The molecule has 0 bridgehead atoms. The molecule has 1 aromatic carbocycles. The number of ether oxygens (including phenoxy) is 1. The second-order valence-corrected chi connectivity index (χ2v) is 4.97. The first-order chi connectivity index (χ1) is 10.4. The molecule has 0 unspecified atom stereocenters. The molecule has 0 aliphatic heterocycles. The molecule has 5 nitrogen and oxygen atoms in total. The van der Waals surface area contributed by atoms with Crippen molar-refractivity contribution in [3.63, 3.8) is 0 Å². The van der Waals surface area contributed by atoms with Crippen LogP contribution in [0, 0.1) is 13.8 Å². The number of H-pyrrole nitrogens is 1. The highest BCUT2D eigenvalue weighted by atomic mass is 19.3. The van der Waals surface area contributed by atoms with Crippen LogP contribution in [0.4, 0.5) is 8.78 Å². The number of amides is 1. The Labute approximate surface area is 126 Å². The van der Waals surface area contributed by atoms with E-state index in [0.717, 1.165) is 11.3 Å². The Bertz CT molecular complexity index is 671. The first-order valence-corrected chi connectivity index (χ1v) is 6.75. The largest absolute Gasteiger partial charge is 0.435 e. The second-order valence-electron chi connectivity index (χ2n) is 4.97. The molecule has 22 heavy (non-hydrogen) atoms. The SMILES string of the molecule is Cc1[nH]nc(C(=O)N[C@@H](C)c2cccc(OC(F)F)c2)c1C. The quantitative estimate of drug-likeness (QED) is 0.891. The molecule has 1 aromatic heterocycles.